The quantitative estimate of drug-likeness (QED) is 0.497. The van der Waals surface area contributed by atoms with E-state index in [1.807, 2.05) is 38.1 Å². The van der Waals surface area contributed by atoms with Crippen LogP contribution in [0.5, 0.6) is 0 Å². The van der Waals surface area contributed by atoms with Crippen LogP contribution in [-0.2, 0) is 6.54 Å². The Labute approximate surface area is 175 Å². The monoisotopic (exact) mass is 428 g/mol. The van der Waals surface area contributed by atoms with Crippen LogP contribution in [0.3, 0.4) is 0 Å². The Hall–Kier alpha value is -3.04. The molecule has 0 saturated carbocycles. The van der Waals surface area contributed by atoms with Crippen LogP contribution in [0.1, 0.15) is 18.5 Å². The number of thiazole rings is 1. The van der Waals surface area contributed by atoms with Crippen LogP contribution in [0.2, 0.25) is 5.02 Å². The number of rotatable bonds is 6. The lowest BCUT2D eigenvalue weighted by molar-refractivity contribution is 0.363. The molecule has 4 rings (SSSR count). The van der Waals surface area contributed by atoms with Gasteiger partial charge in [-0.3, -0.25) is 4.79 Å². The van der Waals surface area contributed by atoms with Gasteiger partial charge in [0.05, 0.1) is 10.6 Å². The van der Waals surface area contributed by atoms with Crippen LogP contribution in [-0.4, -0.2) is 31.4 Å². The minimum atomic E-state index is -0.255. The first-order chi connectivity index (χ1) is 14.0. The van der Waals surface area contributed by atoms with Crippen molar-refractivity contribution in [3.63, 3.8) is 0 Å². The van der Waals surface area contributed by atoms with Crippen LogP contribution in [0.4, 0.5) is 5.95 Å². The lowest BCUT2D eigenvalue weighted by atomic mass is 10.2. The molecule has 0 spiro atoms. The molecule has 1 N–H and O–H groups in total. The average molecular weight is 429 g/mol. The van der Waals surface area contributed by atoms with Crippen molar-refractivity contribution in [2.45, 2.75) is 20.4 Å². The Morgan fingerprint density at radius 2 is 2.10 bits per heavy atom. The van der Waals surface area contributed by atoms with E-state index in [4.69, 9.17) is 16.1 Å². The lowest BCUT2D eigenvalue weighted by Gasteiger charge is -2.03. The molecule has 0 radical (unpaired) electrons. The molecular weight excluding hydrogens is 412 g/mol. The molecule has 29 heavy (non-hydrogen) atoms. The molecule has 0 aliphatic heterocycles. The Kier molecular flexibility index (Phi) is 5.41. The number of aryl methyl sites for hydroxylation is 1. The first-order valence-corrected chi connectivity index (χ1v) is 10.1. The van der Waals surface area contributed by atoms with Crippen LogP contribution in [0.15, 0.2) is 45.7 Å². The normalized spacial score (nSPS) is 11.0. The van der Waals surface area contributed by atoms with E-state index >= 15 is 0 Å². The first-order valence-electron chi connectivity index (χ1n) is 8.92. The predicted molar refractivity (Wildman–Crippen MR) is 112 cm³/mol. The second-order valence-electron chi connectivity index (χ2n) is 6.20. The molecule has 0 unspecified atom stereocenters. The van der Waals surface area contributed by atoms with E-state index in [1.54, 1.807) is 6.07 Å². The third-order valence-electron chi connectivity index (χ3n) is 4.06. The fourth-order valence-electron chi connectivity index (χ4n) is 2.74. The Morgan fingerprint density at radius 1 is 1.24 bits per heavy atom. The minimum Gasteiger partial charge on any atom is -0.352 e. The third kappa shape index (κ3) is 4.20. The summed E-state index contributed by atoms with van der Waals surface area (Å²) in [6, 6.07) is 10.7. The van der Waals surface area contributed by atoms with Crippen LogP contribution in [0.25, 0.3) is 21.1 Å². The van der Waals surface area contributed by atoms with Crippen molar-refractivity contribution in [3.8, 4) is 21.1 Å². The molecule has 0 amide bonds. The summed E-state index contributed by atoms with van der Waals surface area (Å²) in [5.41, 5.74) is 2.16. The van der Waals surface area contributed by atoms with Crippen molar-refractivity contribution in [2.24, 2.45) is 0 Å². The van der Waals surface area contributed by atoms with E-state index in [9.17, 15) is 4.79 Å². The number of aromatic nitrogens is 5. The number of hydrogen-bond donors (Lipinski definition) is 1. The molecule has 4 aromatic rings. The molecule has 3 heterocycles. The predicted octanol–water partition coefficient (Wildman–Crippen LogP) is 3.86. The van der Waals surface area contributed by atoms with Gasteiger partial charge in [0.25, 0.3) is 11.5 Å². The number of anilines is 1. The van der Waals surface area contributed by atoms with Crippen LogP contribution < -0.4 is 10.9 Å². The summed E-state index contributed by atoms with van der Waals surface area (Å²) in [6.07, 6.45) is 0. The van der Waals surface area contributed by atoms with E-state index in [0.29, 0.717) is 29.1 Å². The average Bonchev–Trinajstić information content (AvgIpc) is 3.30. The van der Waals surface area contributed by atoms with E-state index in [2.05, 4.69) is 25.5 Å². The first kappa shape index (κ1) is 19.3. The second kappa shape index (κ2) is 8.14. The molecule has 8 nitrogen and oxygen atoms in total. The fourth-order valence-corrected chi connectivity index (χ4v) is 3.96. The minimum absolute atomic E-state index is 0.0874. The van der Waals surface area contributed by atoms with Crippen LogP contribution >= 0.6 is 22.9 Å². The highest BCUT2D eigenvalue weighted by molar-refractivity contribution is 7.18. The van der Waals surface area contributed by atoms with E-state index in [-0.39, 0.29) is 12.1 Å². The van der Waals surface area contributed by atoms with Crippen molar-refractivity contribution >= 4 is 28.9 Å². The Balaban J connectivity index is 1.66. The SMILES string of the molecule is CCNc1noc(Cn2nc(-c3sc(-c4cccc(Cl)c4)nc3C)ccc2=O)n1. The molecule has 3 aromatic heterocycles. The van der Waals surface area contributed by atoms with Gasteiger partial charge in [0.15, 0.2) is 0 Å². The Morgan fingerprint density at radius 3 is 2.90 bits per heavy atom. The summed E-state index contributed by atoms with van der Waals surface area (Å²) in [6.45, 7) is 4.61. The number of nitrogens with zero attached hydrogens (tertiary/aromatic N) is 5. The van der Waals surface area contributed by atoms with Crippen molar-refractivity contribution in [2.75, 3.05) is 11.9 Å². The van der Waals surface area contributed by atoms with E-state index < -0.39 is 0 Å². The maximum atomic E-state index is 12.3. The van der Waals surface area contributed by atoms with Crippen molar-refractivity contribution < 1.29 is 4.52 Å². The van der Waals surface area contributed by atoms with Gasteiger partial charge >= 0.3 is 0 Å². The summed E-state index contributed by atoms with van der Waals surface area (Å²) in [7, 11) is 0. The van der Waals surface area contributed by atoms with E-state index in [1.165, 1.54) is 22.1 Å². The summed E-state index contributed by atoms with van der Waals surface area (Å²) in [4.78, 5) is 22.0. The van der Waals surface area contributed by atoms with Gasteiger partial charge in [-0.25, -0.2) is 9.67 Å². The number of nitrogens with one attached hydrogen (secondary N) is 1. The molecule has 0 bridgehead atoms. The zero-order valence-electron chi connectivity index (χ0n) is 15.7. The summed E-state index contributed by atoms with van der Waals surface area (Å²) < 4.78 is 6.48. The smallest absolute Gasteiger partial charge is 0.267 e. The largest absolute Gasteiger partial charge is 0.352 e. The standard InChI is InChI=1S/C19H17ClN6O2S/c1-3-21-19-23-15(28-25-19)10-26-16(27)8-7-14(24-26)17-11(2)22-18(29-17)12-5-4-6-13(20)9-12/h4-9H,3,10H2,1-2H3,(H,21,25). The highest BCUT2D eigenvalue weighted by Gasteiger charge is 2.15. The van der Waals surface area contributed by atoms with Gasteiger partial charge in [-0.2, -0.15) is 10.1 Å². The molecule has 1 aromatic carbocycles. The topological polar surface area (TPSA) is 98.7 Å². The third-order valence-corrected chi connectivity index (χ3v) is 5.52. The molecule has 148 valence electrons. The summed E-state index contributed by atoms with van der Waals surface area (Å²) >= 11 is 7.59. The molecule has 0 aliphatic rings. The second-order valence-corrected chi connectivity index (χ2v) is 7.64. The van der Waals surface area contributed by atoms with Crippen molar-refractivity contribution in [3.05, 3.63) is 63.4 Å². The molecule has 0 saturated heterocycles. The highest BCUT2D eigenvalue weighted by atomic mass is 35.5. The van der Waals surface area contributed by atoms with Gasteiger partial charge in [0.2, 0.25) is 5.89 Å². The number of hydrogen-bond acceptors (Lipinski definition) is 8. The molecule has 10 heteroatoms. The van der Waals surface area contributed by atoms with Gasteiger partial charge in [-0.05, 0) is 37.2 Å². The lowest BCUT2D eigenvalue weighted by Crippen LogP contribution is -2.23. The molecular formula is C19H17ClN6O2S. The van der Waals surface area contributed by atoms with Gasteiger partial charge in [0.1, 0.15) is 17.2 Å². The number of benzene rings is 1. The van der Waals surface area contributed by atoms with Gasteiger partial charge < -0.3 is 9.84 Å². The van der Waals surface area contributed by atoms with E-state index in [0.717, 1.165) is 21.1 Å². The fraction of sp³-hybridized carbons (Fsp3) is 0.211. The zero-order valence-corrected chi connectivity index (χ0v) is 17.3. The van der Waals surface area contributed by atoms with Gasteiger partial charge in [-0.15, -0.1) is 11.3 Å². The summed E-state index contributed by atoms with van der Waals surface area (Å²) in [5.74, 6) is 0.685. The maximum Gasteiger partial charge on any atom is 0.267 e. The molecule has 0 aliphatic carbocycles. The maximum absolute atomic E-state index is 12.3. The van der Waals surface area contributed by atoms with Gasteiger partial charge in [0, 0.05) is 23.2 Å². The zero-order chi connectivity index (χ0) is 20.4. The van der Waals surface area contributed by atoms with Gasteiger partial charge in [-0.1, -0.05) is 23.7 Å². The summed E-state index contributed by atoms with van der Waals surface area (Å²) in [5, 5.41) is 12.7. The van der Waals surface area contributed by atoms with Crippen molar-refractivity contribution in [1.29, 1.82) is 0 Å². The number of halogens is 1. The van der Waals surface area contributed by atoms with Crippen molar-refractivity contribution in [1.82, 2.24) is 24.9 Å². The van der Waals surface area contributed by atoms with Crippen LogP contribution in [0, 0.1) is 6.92 Å². The molecule has 0 fully saturated rings. The highest BCUT2D eigenvalue weighted by Crippen LogP contribution is 2.34. The molecule has 0 atom stereocenters. The Bertz CT molecular complexity index is 1220.